The molecule has 0 atom stereocenters. The van der Waals surface area contributed by atoms with E-state index in [0.717, 1.165) is 24.1 Å². The Kier molecular flexibility index (Phi) is 4.29. The van der Waals surface area contributed by atoms with Crippen molar-refractivity contribution >= 4 is 21.6 Å². The summed E-state index contributed by atoms with van der Waals surface area (Å²) < 4.78 is 15.8. The van der Waals surface area contributed by atoms with Gasteiger partial charge in [0.15, 0.2) is 0 Å². The second-order valence-electron chi connectivity index (χ2n) is 5.69. The molecule has 0 saturated heterocycles. The Morgan fingerprint density at radius 2 is 1.90 bits per heavy atom. The molecule has 21 heavy (non-hydrogen) atoms. The van der Waals surface area contributed by atoms with Crippen LogP contribution in [0.4, 0.5) is 10.1 Å². The lowest BCUT2D eigenvalue weighted by Crippen LogP contribution is -2.08. The van der Waals surface area contributed by atoms with Crippen molar-refractivity contribution in [3.8, 4) is 11.3 Å². The maximum atomic E-state index is 13.4. The van der Waals surface area contributed by atoms with E-state index in [1.807, 2.05) is 10.9 Å². The Morgan fingerprint density at radius 3 is 2.57 bits per heavy atom. The SMILES string of the molecule is Nc1cn(C2CCCCCC2)nc1-c1ccc(F)c(Br)c1. The fraction of sp³-hybridized carbons (Fsp3) is 0.438. The van der Waals surface area contributed by atoms with Crippen molar-refractivity contribution < 1.29 is 4.39 Å². The molecule has 0 radical (unpaired) electrons. The van der Waals surface area contributed by atoms with Gasteiger partial charge in [0.2, 0.25) is 0 Å². The van der Waals surface area contributed by atoms with Gasteiger partial charge in [-0.15, -0.1) is 0 Å². The van der Waals surface area contributed by atoms with Gasteiger partial charge < -0.3 is 5.73 Å². The molecule has 1 aliphatic rings. The Balaban J connectivity index is 1.91. The summed E-state index contributed by atoms with van der Waals surface area (Å²) in [6, 6.07) is 5.32. The zero-order valence-corrected chi connectivity index (χ0v) is 13.4. The molecule has 1 heterocycles. The fourth-order valence-corrected chi connectivity index (χ4v) is 3.36. The molecule has 2 aromatic rings. The summed E-state index contributed by atoms with van der Waals surface area (Å²) >= 11 is 3.21. The average molecular weight is 352 g/mol. The van der Waals surface area contributed by atoms with E-state index in [1.165, 1.54) is 31.7 Å². The first kappa shape index (κ1) is 14.6. The Hall–Kier alpha value is -1.36. The second kappa shape index (κ2) is 6.18. The molecule has 3 nitrogen and oxygen atoms in total. The molecule has 1 aliphatic carbocycles. The van der Waals surface area contributed by atoms with E-state index < -0.39 is 0 Å². The number of aromatic nitrogens is 2. The van der Waals surface area contributed by atoms with Crippen LogP contribution in [-0.4, -0.2) is 9.78 Å². The maximum Gasteiger partial charge on any atom is 0.137 e. The van der Waals surface area contributed by atoms with Gasteiger partial charge in [0, 0.05) is 11.8 Å². The molecular formula is C16H19BrFN3. The number of benzene rings is 1. The number of nitrogens with zero attached hydrogens (tertiary/aromatic N) is 2. The summed E-state index contributed by atoms with van der Waals surface area (Å²) in [7, 11) is 0. The molecule has 0 spiro atoms. The fourth-order valence-electron chi connectivity index (χ4n) is 2.98. The first-order valence-electron chi connectivity index (χ1n) is 7.45. The number of hydrogen-bond donors (Lipinski definition) is 1. The van der Waals surface area contributed by atoms with Crippen LogP contribution < -0.4 is 5.73 Å². The van der Waals surface area contributed by atoms with Gasteiger partial charge in [0.05, 0.1) is 16.2 Å². The van der Waals surface area contributed by atoms with E-state index in [2.05, 4.69) is 21.0 Å². The molecule has 0 amide bonds. The highest BCUT2D eigenvalue weighted by Crippen LogP contribution is 2.32. The van der Waals surface area contributed by atoms with E-state index in [-0.39, 0.29) is 5.82 Å². The maximum absolute atomic E-state index is 13.4. The zero-order chi connectivity index (χ0) is 14.8. The average Bonchev–Trinajstić information content (AvgIpc) is 2.69. The first-order valence-corrected chi connectivity index (χ1v) is 8.24. The minimum Gasteiger partial charge on any atom is -0.396 e. The van der Waals surface area contributed by atoms with Gasteiger partial charge in [-0.05, 0) is 47.0 Å². The van der Waals surface area contributed by atoms with Crippen molar-refractivity contribution in [1.29, 1.82) is 0 Å². The summed E-state index contributed by atoms with van der Waals surface area (Å²) in [5.41, 5.74) is 8.34. The highest BCUT2D eigenvalue weighted by atomic mass is 79.9. The highest BCUT2D eigenvalue weighted by molar-refractivity contribution is 9.10. The quantitative estimate of drug-likeness (QED) is 0.779. The third kappa shape index (κ3) is 3.12. The number of hydrogen-bond acceptors (Lipinski definition) is 2. The summed E-state index contributed by atoms with van der Waals surface area (Å²) in [6.07, 6.45) is 9.36. The van der Waals surface area contributed by atoms with Crippen LogP contribution in [0.1, 0.15) is 44.6 Å². The largest absolute Gasteiger partial charge is 0.396 e. The molecule has 2 N–H and O–H groups in total. The van der Waals surface area contributed by atoms with Crippen LogP contribution in [-0.2, 0) is 0 Å². The summed E-state index contributed by atoms with van der Waals surface area (Å²) in [5, 5.41) is 4.66. The molecule has 1 fully saturated rings. The standard InChI is InChI=1S/C16H19BrFN3/c17-13-9-11(7-8-14(13)18)16-15(19)10-21(20-16)12-5-3-1-2-4-6-12/h7-10,12H,1-6,19H2. The van der Waals surface area contributed by atoms with Crippen LogP contribution >= 0.6 is 15.9 Å². The van der Waals surface area contributed by atoms with Crippen LogP contribution in [0, 0.1) is 5.82 Å². The molecule has 112 valence electrons. The Labute approximate surface area is 132 Å². The van der Waals surface area contributed by atoms with Crippen LogP contribution in [0.2, 0.25) is 0 Å². The zero-order valence-electron chi connectivity index (χ0n) is 11.9. The van der Waals surface area contributed by atoms with Crippen LogP contribution in [0.15, 0.2) is 28.9 Å². The monoisotopic (exact) mass is 351 g/mol. The van der Waals surface area contributed by atoms with Crippen molar-refractivity contribution in [2.75, 3.05) is 5.73 Å². The van der Waals surface area contributed by atoms with E-state index in [4.69, 9.17) is 5.73 Å². The minimum atomic E-state index is -0.277. The summed E-state index contributed by atoms with van der Waals surface area (Å²) in [6.45, 7) is 0. The topological polar surface area (TPSA) is 43.8 Å². The normalized spacial score (nSPS) is 16.9. The van der Waals surface area contributed by atoms with E-state index in [1.54, 1.807) is 12.1 Å². The van der Waals surface area contributed by atoms with Crippen molar-refractivity contribution in [2.24, 2.45) is 0 Å². The molecule has 1 saturated carbocycles. The lowest BCUT2D eigenvalue weighted by atomic mass is 10.1. The predicted molar refractivity (Wildman–Crippen MR) is 86.5 cm³/mol. The van der Waals surface area contributed by atoms with Gasteiger partial charge in [-0.1, -0.05) is 25.7 Å². The first-order chi connectivity index (χ1) is 10.1. The minimum absolute atomic E-state index is 0.277. The third-order valence-electron chi connectivity index (χ3n) is 4.15. The van der Waals surface area contributed by atoms with Crippen LogP contribution in [0.3, 0.4) is 0 Å². The second-order valence-corrected chi connectivity index (χ2v) is 6.54. The van der Waals surface area contributed by atoms with Crippen molar-refractivity contribution in [1.82, 2.24) is 9.78 Å². The number of anilines is 1. The van der Waals surface area contributed by atoms with Crippen molar-refractivity contribution in [3.63, 3.8) is 0 Å². The number of rotatable bonds is 2. The van der Waals surface area contributed by atoms with Crippen LogP contribution in [0.5, 0.6) is 0 Å². The number of halogens is 2. The lowest BCUT2D eigenvalue weighted by Gasteiger charge is -2.14. The van der Waals surface area contributed by atoms with E-state index >= 15 is 0 Å². The molecule has 1 aromatic heterocycles. The van der Waals surface area contributed by atoms with E-state index in [9.17, 15) is 4.39 Å². The molecule has 0 unspecified atom stereocenters. The molecule has 5 heteroatoms. The molecule has 0 aliphatic heterocycles. The van der Waals surface area contributed by atoms with E-state index in [0.29, 0.717) is 16.2 Å². The molecule has 3 rings (SSSR count). The van der Waals surface area contributed by atoms with Gasteiger partial charge in [-0.25, -0.2) is 4.39 Å². The van der Waals surface area contributed by atoms with Crippen molar-refractivity contribution in [3.05, 3.63) is 34.7 Å². The Bertz CT molecular complexity index is 630. The van der Waals surface area contributed by atoms with Gasteiger partial charge in [-0.3, -0.25) is 4.68 Å². The molecule has 0 bridgehead atoms. The highest BCUT2D eigenvalue weighted by Gasteiger charge is 2.18. The molecule has 1 aromatic carbocycles. The predicted octanol–water partition coefficient (Wildman–Crippen LogP) is 4.93. The van der Waals surface area contributed by atoms with Gasteiger partial charge >= 0.3 is 0 Å². The summed E-state index contributed by atoms with van der Waals surface area (Å²) in [4.78, 5) is 0. The Morgan fingerprint density at radius 1 is 1.19 bits per heavy atom. The van der Waals surface area contributed by atoms with Gasteiger partial charge in [0.25, 0.3) is 0 Å². The van der Waals surface area contributed by atoms with Gasteiger partial charge in [0.1, 0.15) is 11.5 Å². The number of nitrogens with two attached hydrogens (primary N) is 1. The smallest absolute Gasteiger partial charge is 0.137 e. The summed E-state index contributed by atoms with van der Waals surface area (Å²) in [5.74, 6) is -0.277. The van der Waals surface area contributed by atoms with Gasteiger partial charge in [-0.2, -0.15) is 5.10 Å². The van der Waals surface area contributed by atoms with Crippen LogP contribution in [0.25, 0.3) is 11.3 Å². The molecular weight excluding hydrogens is 333 g/mol. The third-order valence-corrected chi connectivity index (χ3v) is 4.76. The van der Waals surface area contributed by atoms with Crippen molar-refractivity contribution in [2.45, 2.75) is 44.6 Å². The lowest BCUT2D eigenvalue weighted by molar-refractivity contribution is 0.406. The number of nitrogen functional groups attached to an aromatic ring is 1.